The van der Waals surface area contributed by atoms with Crippen LogP contribution >= 0.6 is 0 Å². The zero-order valence-electron chi connectivity index (χ0n) is 10.9. The molecule has 0 aromatic heterocycles. The van der Waals surface area contributed by atoms with E-state index in [2.05, 4.69) is 5.32 Å². The quantitative estimate of drug-likeness (QED) is 0.526. The van der Waals surface area contributed by atoms with Gasteiger partial charge in [-0.3, -0.25) is 9.59 Å². The largest absolute Gasteiger partial charge is 0.418 e. The van der Waals surface area contributed by atoms with Crippen LogP contribution in [0.3, 0.4) is 0 Å². The van der Waals surface area contributed by atoms with Gasteiger partial charge >= 0.3 is 6.18 Å². The zero-order chi connectivity index (χ0) is 16.0. The van der Waals surface area contributed by atoms with Crippen molar-refractivity contribution in [2.75, 3.05) is 25.5 Å². The number of carbonyl (C=O) groups is 2. The van der Waals surface area contributed by atoms with Gasteiger partial charge in [-0.05, 0) is 18.2 Å². The van der Waals surface area contributed by atoms with E-state index < -0.39 is 29.2 Å². The highest BCUT2D eigenvalue weighted by Gasteiger charge is 2.33. The molecule has 0 atom stereocenters. The number of hydrogen-bond donors (Lipinski definition) is 3. The Kier molecular flexibility index (Phi) is 5.53. The van der Waals surface area contributed by atoms with Crippen LogP contribution in [0.2, 0.25) is 0 Å². The number of primary amides is 1. The van der Waals surface area contributed by atoms with Gasteiger partial charge in [0.2, 0.25) is 5.91 Å². The van der Waals surface area contributed by atoms with Gasteiger partial charge in [0, 0.05) is 17.8 Å². The van der Waals surface area contributed by atoms with E-state index >= 15 is 0 Å². The minimum absolute atomic E-state index is 0.00970. The van der Waals surface area contributed by atoms with E-state index in [0.29, 0.717) is 6.07 Å². The molecule has 0 aliphatic carbocycles. The van der Waals surface area contributed by atoms with E-state index in [9.17, 15) is 22.8 Å². The van der Waals surface area contributed by atoms with Gasteiger partial charge in [-0.15, -0.1) is 0 Å². The van der Waals surface area contributed by atoms with Crippen molar-refractivity contribution < 1.29 is 27.5 Å². The van der Waals surface area contributed by atoms with Crippen LogP contribution in [0.1, 0.15) is 15.9 Å². The molecule has 0 fully saturated rings. The maximum atomic E-state index is 12.6. The number of halogens is 3. The maximum Gasteiger partial charge on any atom is 0.418 e. The highest BCUT2D eigenvalue weighted by atomic mass is 19.4. The van der Waals surface area contributed by atoms with Gasteiger partial charge in [-0.1, -0.05) is 0 Å². The SMILES string of the molecule is NC(=O)COCCNC(=O)c1ccc(N)c(C(F)(F)F)c1. The smallest absolute Gasteiger partial charge is 0.398 e. The number of carbonyl (C=O) groups excluding carboxylic acids is 2. The highest BCUT2D eigenvalue weighted by molar-refractivity contribution is 5.94. The second-order valence-electron chi connectivity index (χ2n) is 4.07. The lowest BCUT2D eigenvalue weighted by molar-refractivity contribution is -0.136. The Balaban J connectivity index is 2.61. The average molecular weight is 305 g/mol. The number of nitrogen functional groups attached to an aromatic ring is 1. The summed E-state index contributed by atoms with van der Waals surface area (Å²) in [7, 11) is 0. The van der Waals surface area contributed by atoms with Gasteiger partial charge in [0.05, 0.1) is 12.2 Å². The highest BCUT2D eigenvalue weighted by Crippen LogP contribution is 2.33. The van der Waals surface area contributed by atoms with E-state index in [1.807, 2.05) is 0 Å². The summed E-state index contributed by atoms with van der Waals surface area (Å²) in [5, 5.41) is 2.35. The van der Waals surface area contributed by atoms with Crippen molar-refractivity contribution in [2.24, 2.45) is 5.73 Å². The summed E-state index contributed by atoms with van der Waals surface area (Å²) in [4.78, 5) is 22.0. The first kappa shape index (κ1) is 16.8. The van der Waals surface area contributed by atoms with E-state index in [1.165, 1.54) is 6.07 Å². The Morgan fingerprint density at radius 3 is 2.52 bits per heavy atom. The minimum Gasteiger partial charge on any atom is -0.398 e. The first-order valence-electron chi connectivity index (χ1n) is 5.83. The molecule has 2 amide bonds. The predicted octanol–water partition coefficient (Wildman–Crippen LogP) is 0.519. The van der Waals surface area contributed by atoms with Crippen LogP contribution in [0.25, 0.3) is 0 Å². The van der Waals surface area contributed by atoms with Crippen LogP contribution in [0.4, 0.5) is 18.9 Å². The standard InChI is InChI=1S/C12H14F3N3O3/c13-12(14,15)8-5-7(1-2-9(8)16)11(20)18-3-4-21-6-10(17)19/h1-2,5H,3-4,6,16H2,(H2,17,19)(H,18,20). The van der Waals surface area contributed by atoms with Crippen molar-refractivity contribution in [3.8, 4) is 0 Å². The monoisotopic (exact) mass is 305 g/mol. The molecule has 0 aliphatic heterocycles. The Morgan fingerprint density at radius 2 is 1.95 bits per heavy atom. The second-order valence-corrected chi connectivity index (χ2v) is 4.07. The Hall–Kier alpha value is -2.29. The molecule has 0 heterocycles. The summed E-state index contributed by atoms with van der Waals surface area (Å²) < 4.78 is 42.7. The third-order valence-electron chi connectivity index (χ3n) is 2.40. The number of benzene rings is 1. The number of rotatable bonds is 6. The van der Waals surface area contributed by atoms with Crippen LogP contribution in [-0.2, 0) is 15.7 Å². The van der Waals surface area contributed by atoms with Crippen molar-refractivity contribution in [1.29, 1.82) is 0 Å². The average Bonchev–Trinajstić information content (AvgIpc) is 2.36. The van der Waals surface area contributed by atoms with Crippen molar-refractivity contribution in [1.82, 2.24) is 5.32 Å². The number of alkyl halides is 3. The van der Waals surface area contributed by atoms with Gasteiger partial charge in [-0.2, -0.15) is 13.2 Å². The van der Waals surface area contributed by atoms with Gasteiger partial charge in [0.1, 0.15) is 6.61 Å². The molecule has 6 nitrogen and oxygen atoms in total. The number of anilines is 1. The van der Waals surface area contributed by atoms with Crippen LogP contribution in [0, 0.1) is 0 Å². The molecule has 0 saturated heterocycles. The Labute approximate surface area is 118 Å². The predicted molar refractivity (Wildman–Crippen MR) is 68.2 cm³/mol. The fourth-order valence-corrected chi connectivity index (χ4v) is 1.45. The van der Waals surface area contributed by atoms with Crippen LogP contribution in [-0.4, -0.2) is 31.6 Å². The van der Waals surface area contributed by atoms with E-state index in [-0.39, 0.29) is 25.3 Å². The number of nitrogens with two attached hydrogens (primary N) is 2. The minimum atomic E-state index is -4.63. The van der Waals surface area contributed by atoms with Crippen LogP contribution in [0.5, 0.6) is 0 Å². The lowest BCUT2D eigenvalue weighted by Crippen LogP contribution is -2.29. The van der Waals surface area contributed by atoms with E-state index in [1.54, 1.807) is 0 Å². The van der Waals surface area contributed by atoms with Crippen molar-refractivity contribution in [3.63, 3.8) is 0 Å². The summed E-state index contributed by atoms with van der Waals surface area (Å²) in [5.41, 5.74) is 8.36. The fourth-order valence-electron chi connectivity index (χ4n) is 1.45. The van der Waals surface area contributed by atoms with E-state index in [4.69, 9.17) is 16.2 Å². The van der Waals surface area contributed by atoms with Crippen molar-refractivity contribution in [3.05, 3.63) is 29.3 Å². The van der Waals surface area contributed by atoms with Gasteiger partial charge in [0.25, 0.3) is 5.91 Å². The normalized spacial score (nSPS) is 11.2. The summed E-state index contributed by atoms with van der Waals surface area (Å²) in [5.74, 6) is -1.36. The molecule has 0 spiro atoms. The summed E-state index contributed by atoms with van der Waals surface area (Å²) in [6.07, 6.45) is -4.63. The van der Waals surface area contributed by atoms with Crippen molar-refractivity contribution in [2.45, 2.75) is 6.18 Å². The van der Waals surface area contributed by atoms with Crippen LogP contribution in [0.15, 0.2) is 18.2 Å². The molecule has 9 heteroatoms. The molecule has 0 aliphatic rings. The first-order chi connectivity index (χ1) is 9.71. The molecule has 116 valence electrons. The molecular weight excluding hydrogens is 291 g/mol. The molecule has 1 aromatic carbocycles. The van der Waals surface area contributed by atoms with Gasteiger partial charge in [0.15, 0.2) is 0 Å². The molecule has 21 heavy (non-hydrogen) atoms. The van der Waals surface area contributed by atoms with Crippen molar-refractivity contribution >= 4 is 17.5 Å². The molecule has 0 radical (unpaired) electrons. The summed E-state index contributed by atoms with van der Waals surface area (Å²) >= 11 is 0. The maximum absolute atomic E-state index is 12.6. The summed E-state index contributed by atoms with van der Waals surface area (Å²) in [6.45, 7) is -0.260. The molecule has 0 bridgehead atoms. The molecular formula is C12H14F3N3O3. The Bertz CT molecular complexity index is 532. The Morgan fingerprint density at radius 1 is 1.29 bits per heavy atom. The molecule has 1 aromatic rings. The molecule has 1 rings (SSSR count). The number of amides is 2. The lowest BCUT2D eigenvalue weighted by atomic mass is 10.1. The molecule has 0 unspecified atom stereocenters. The second kappa shape index (κ2) is 6.93. The zero-order valence-corrected chi connectivity index (χ0v) is 10.9. The fraction of sp³-hybridized carbons (Fsp3) is 0.333. The third kappa shape index (κ3) is 5.30. The van der Waals surface area contributed by atoms with Gasteiger partial charge < -0.3 is 21.5 Å². The van der Waals surface area contributed by atoms with Crippen LogP contribution < -0.4 is 16.8 Å². The first-order valence-corrected chi connectivity index (χ1v) is 5.83. The topological polar surface area (TPSA) is 107 Å². The lowest BCUT2D eigenvalue weighted by Gasteiger charge is -2.12. The number of ether oxygens (including phenoxy) is 1. The third-order valence-corrected chi connectivity index (χ3v) is 2.40. The summed E-state index contributed by atoms with van der Waals surface area (Å²) in [6, 6.07) is 2.88. The van der Waals surface area contributed by atoms with Gasteiger partial charge in [-0.25, -0.2) is 0 Å². The molecule has 0 saturated carbocycles. The number of nitrogens with one attached hydrogen (secondary N) is 1. The molecule has 5 N–H and O–H groups in total. The van der Waals surface area contributed by atoms with E-state index in [0.717, 1.165) is 6.07 Å². The number of hydrogen-bond acceptors (Lipinski definition) is 4.